The van der Waals surface area contributed by atoms with E-state index >= 15 is 0 Å². The second kappa shape index (κ2) is 7.22. The van der Waals surface area contributed by atoms with E-state index in [4.69, 9.17) is 4.98 Å². The minimum Gasteiger partial charge on any atom is -0.315 e. The highest BCUT2D eigenvalue weighted by Crippen LogP contribution is 2.39. The molecule has 0 aliphatic carbocycles. The second-order valence-electron chi connectivity index (χ2n) is 7.38. The monoisotopic (exact) mass is 459 g/mol. The molecule has 0 saturated carbocycles. The molecular weight excluding hydrogens is 442 g/mol. The molecular formula is C24H18BrN3O2. The number of likely N-dealkylation sites (N-methyl/N-ethyl adjacent to an activating group) is 1. The van der Waals surface area contributed by atoms with Gasteiger partial charge < -0.3 is 4.90 Å². The van der Waals surface area contributed by atoms with Crippen LogP contribution in [0.2, 0.25) is 0 Å². The molecule has 0 fully saturated rings. The number of hydrogen-bond donors (Lipinski definition) is 0. The Balaban J connectivity index is 1.71. The van der Waals surface area contributed by atoms with Gasteiger partial charge in [0, 0.05) is 23.6 Å². The standard InChI is InChI=1S/C24H18BrN3O2/c1-27-21-12-11-15(25)13-18(21)19(23(27)29)14-22-26-20-10-6-5-9-17(20)24(30)28(22)16-7-3-2-4-8-16/h2-13,19H,14H2,1H3/t19-/m1/s1. The highest BCUT2D eigenvalue weighted by molar-refractivity contribution is 9.10. The summed E-state index contributed by atoms with van der Waals surface area (Å²) in [5.74, 6) is 0.181. The summed E-state index contributed by atoms with van der Waals surface area (Å²) in [4.78, 5) is 32.9. The summed E-state index contributed by atoms with van der Waals surface area (Å²) in [7, 11) is 1.78. The van der Waals surface area contributed by atoms with E-state index < -0.39 is 5.92 Å². The van der Waals surface area contributed by atoms with Crippen LogP contribution < -0.4 is 10.5 Å². The Morgan fingerprint density at radius 2 is 1.70 bits per heavy atom. The van der Waals surface area contributed by atoms with Gasteiger partial charge in [0.15, 0.2) is 0 Å². The quantitative estimate of drug-likeness (QED) is 0.454. The number of hydrogen-bond acceptors (Lipinski definition) is 3. The predicted octanol–water partition coefficient (Wildman–Crippen LogP) is 4.45. The Labute approximate surface area is 181 Å². The maximum atomic E-state index is 13.4. The molecule has 0 radical (unpaired) electrons. The number of halogens is 1. The molecule has 4 aromatic rings. The van der Waals surface area contributed by atoms with Crippen LogP contribution in [-0.2, 0) is 11.2 Å². The molecule has 3 aromatic carbocycles. The first kappa shape index (κ1) is 18.8. The molecule has 0 N–H and O–H groups in total. The number of aromatic nitrogens is 2. The van der Waals surface area contributed by atoms with Crippen molar-refractivity contribution in [2.24, 2.45) is 0 Å². The molecule has 148 valence electrons. The Morgan fingerprint density at radius 1 is 0.967 bits per heavy atom. The van der Waals surface area contributed by atoms with Crippen LogP contribution in [0.5, 0.6) is 0 Å². The van der Waals surface area contributed by atoms with Gasteiger partial charge in [-0.1, -0.05) is 46.3 Å². The fourth-order valence-electron chi connectivity index (χ4n) is 4.13. The molecule has 6 heteroatoms. The summed E-state index contributed by atoms with van der Waals surface area (Å²) in [6, 6.07) is 22.6. The predicted molar refractivity (Wildman–Crippen MR) is 121 cm³/mol. The minimum atomic E-state index is -0.398. The smallest absolute Gasteiger partial charge is 0.265 e. The number of carbonyl (C=O) groups is 1. The third kappa shape index (κ3) is 2.95. The van der Waals surface area contributed by atoms with Gasteiger partial charge in [0.2, 0.25) is 5.91 Å². The fourth-order valence-corrected chi connectivity index (χ4v) is 4.51. The van der Waals surface area contributed by atoms with Crippen molar-refractivity contribution in [2.45, 2.75) is 12.3 Å². The highest BCUT2D eigenvalue weighted by Gasteiger charge is 2.36. The first-order valence-corrected chi connectivity index (χ1v) is 10.5. The zero-order chi connectivity index (χ0) is 20.8. The van der Waals surface area contributed by atoms with E-state index in [2.05, 4.69) is 15.9 Å². The van der Waals surface area contributed by atoms with Gasteiger partial charge in [0.25, 0.3) is 5.56 Å². The van der Waals surface area contributed by atoms with Crippen LogP contribution in [0.4, 0.5) is 5.69 Å². The van der Waals surface area contributed by atoms with Gasteiger partial charge in [-0.3, -0.25) is 14.2 Å². The molecule has 1 aliphatic rings. The van der Waals surface area contributed by atoms with Crippen molar-refractivity contribution in [1.29, 1.82) is 0 Å². The van der Waals surface area contributed by atoms with Gasteiger partial charge >= 0.3 is 0 Å². The summed E-state index contributed by atoms with van der Waals surface area (Å²) in [6.45, 7) is 0. The van der Waals surface area contributed by atoms with Crippen LogP contribution in [0, 0.1) is 0 Å². The Morgan fingerprint density at radius 3 is 2.50 bits per heavy atom. The van der Waals surface area contributed by atoms with Crippen molar-refractivity contribution in [3.05, 3.63) is 99.0 Å². The van der Waals surface area contributed by atoms with Crippen LogP contribution in [-0.4, -0.2) is 22.5 Å². The maximum absolute atomic E-state index is 13.4. The minimum absolute atomic E-state index is 0.00474. The lowest BCUT2D eigenvalue weighted by atomic mass is 9.96. The van der Waals surface area contributed by atoms with E-state index in [-0.39, 0.29) is 11.5 Å². The van der Waals surface area contributed by atoms with Crippen molar-refractivity contribution in [3.8, 4) is 5.69 Å². The Hall–Kier alpha value is -3.25. The third-order valence-corrected chi connectivity index (χ3v) is 6.09. The van der Waals surface area contributed by atoms with Gasteiger partial charge in [-0.2, -0.15) is 0 Å². The normalized spacial score (nSPS) is 15.6. The molecule has 2 heterocycles. The van der Waals surface area contributed by atoms with Crippen LogP contribution in [0.1, 0.15) is 17.3 Å². The molecule has 5 rings (SSSR count). The fraction of sp³-hybridized carbons (Fsp3) is 0.125. The number of anilines is 1. The SMILES string of the molecule is CN1C(=O)[C@H](Cc2nc3ccccc3c(=O)n2-c2ccccc2)c2cc(Br)ccc21. The molecule has 1 aliphatic heterocycles. The van der Waals surface area contributed by atoms with Crippen molar-refractivity contribution < 1.29 is 4.79 Å². The van der Waals surface area contributed by atoms with E-state index in [1.807, 2.05) is 66.7 Å². The summed E-state index contributed by atoms with van der Waals surface area (Å²) in [6.07, 6.45) is 0.335. The van der Waals surface area contributed by atoms with Gasteiger partial charge in [0.1, 0.15) is 5.82 Å². The zero-order valence-electron chi connectivity index (χ0n) is 16.2. The summed E-state index contributed by atoms with van der Waals surface area (Å²) in [5.41, 5.74) is 3.08. The van der Waals surface area contributed by atoms with Crippen LogP contribution in [0.15, 0.2) is 82.1 Å². The van der Waals surface area contributed by atoms with Gasteiger partial charge in [-0.05, 0) is 48.0 Å². The molecule has 0 bridgehead atoms. The first-order valence-electron chi connectivity index (χ1n) is 9.67. The van der Waals surface area contributed by atoms with E-state index in [0.29, 0.717) is 23.1 Å². The maximum Gasteiger partial charge on any atom is 0.265 e. The number of benzene rings is 3. The van der Waals surface area contributed by atoms with Gasteiger partial charge in [-0.15, -0.1) is 0 Å². The number of amides is 1. The zero-order valence-corrected chi connectivity index (χ0v) is 17.8. The van der Waals surface area contributed by atoms with Crippen LogP contribution in [0.25, 0.3) is 16.6 Å². The largest absolute Gasteiger partial charge is 0.315 e. The van der Waals surface area contributed by atoms with E-state index in [0.717, 1.165) is 21.4 Å². The van der Waals surface area contributed by atoms with Crippen LogP contribution >= 0.6 is 15.9 Å². The number of carbonyl (C=O) groups excluding carboxylic acids is 1. The third-order valence-electron chi connectivity index (χ3n) is 5.60. The van der Waals surface area contributed by atoms with E-state index in [1.54, 1.807) is 22.6 Å². The summed E-state index contributed by atoms with van der Waals surface area (Å²) >= 11 is 3.51. The first-order chi connectivity index (χ1) is 14.5. The second-order valence-corrected chi connectivity index (χ2v) is 8.29. The van der Waals surface area contributed by atoms with Crippen molar-refractivity contribution >= 4 is 38.4 Å². The molecule has 0 spiro atoms. The molecule has 30 heavy (non-hydrogen) atoms. The lowest BCUT2D eigenvalue weighted by Gasteiger charge is -2.16. The summed E-state index contributed by atoms with van der Waals surface area (Å²) < 4.78 is 2.55. The van der Waals surface area contributed by atoms with Gasteiger partial charge in [-0.25, -0.2) is 4.98 Å². The Bertz CT molecular complexity index is 1350. The van der Waals surface area contributed by atoms with Crippen LogP contribution in [0.3, 0.4) is 0 Å². The van der Waals surface area contributed by atoms with E-state index in [9.17, 15) is 9.59 Å². The lowest BCUT2D eigenvalue weighted by Crippen LogP contribution is -2.28. The number of para-hydroxylation sites is 2. The van der Waals surface area contributed by atoms with Crippen molar-refractivity contribution in [2.75, 3.05) is 11.9 Å². The molecule has 0 saturated heterocycles. The molecule has 1 aromatic heterocycles. The van der Waals surface area contributed by atoms with E-state index in [1.165, 1.54) is 0 Å². The Kier molecular flexibility index (Phi) is 4.51. The van der Waals surface area contributed by atoms with Crippen molar-refractivity contribution in [3.63, 3.8) is 0 Å². The lowest BCUT2D eigenvalue weighted by molar-refractivity contribution is -0.119. The average Bonchev–Trinajstić information content (AvgIpc) is 2.99. The molecule has 1 atom stereocenters. The van der Waals surface area contributed by atoms with Crippen molar-refractivity contribution in [1.82, 2.24) is 9.55 Å². The number of fused-ring (bicyclic) bond motifs is 2. The average molecular weight is 460 g/mol. The molecule has 0 unspecified atom stereocenters. The highest BCUT2D eigenvalue weighted by atomic mass is 79.9. The van der Waals surface area contributed by atoms with Gasteiger partial charge in [0.05, 0.1) is 22.5 Å². The number of rotatable bonds is 3. The summed E-state index contributed by atoms with van der Waals surface area (Å²) in [5, 5.41) is 0.558. The molecule has 5 nitrogen and oxygen atoms in total. The topological polar surface area (TPSA) is 55.2 Å². The number of nitrogens with zero attached hydrogens (tertiary/aromatic N) is 3. The molecule has 1 amide bonds.